The maximum Gasteiger partial charge on any atom is 0.325 e. The van der Waals surface area contributed by atoms with E-state index in [1.807, 2.05) is 26.8 Å². The SMILES string of the molecule is CC=CC[SiH](OCC)OCC. The van der Waals surface area contributed by atoms with Gasteiger partial charge in [-0.3, -0.25) is 0 Å². The van der Waals surface area contributed by atoms with E-state index in [9.17, 15) is 0 Å². The summed E-state index contributed by atoms with van der Waals surface area (Å²) in [6, 6.07) is 0.984. The van der Waals surface area contributed by atoms with E-state index in [-0.39, 0.29) is 0 Å². The molecule has 0 aliphatic heterocycles. The van der Waals surface area contributed by atoms with E-state index < -0.39 is 9.28 Å². The van der Waals surface area contributed by atoms with Gasteiger partial charge in [0.2, 0.25) is 0 Å². The van der Waals surface area contributed by atoms with Gasteiger partial charge < -0.3 is 8.85 Å². The predicted octanol–water partition coefficient (Wildman–Crippen LogP) is 1.86. The standard InChI is InChI=1S/C8H18O2Si/c1-4-7-8-11(9-5-2)10-6-3/h4,7,11H,5-6,8H2,1-3H3. The average Bonchev–Trinajstić information content (AvgIpc) is 2.01. The molecule has 0 aromatic heterocycles. The van der Waals surface area contributed by atoms with Gasteiger partial charge in [0.05, 0.1) is 0 Å². The van der Waals surface area contributed by atoms with Crippen molar-refractivity contribution in [2.24, 2.45) is 0 Å². The Balaban J connectivity index is 3.50. The number of hydrogen-bond acceptors (Lipinski definition) is 2. The van der Waals surface area contributed by atoms with Crippen LogP contribution in [0.3, 0.4) is 0 Å². The highest BCUT2D eigenvalue weighted by Crippen LogP contribution is 1.98. The summed E-state index contributed by atoms with van der Waals surface area (Å²) in [6.45, 7) is 7.58. The maximum atomic E-state index is 5.45. The topological polar surface area (TPSA) is 18.5 Å². The molecule has 2 nitrogen and oxygen atoms in total. The highest BCUT2D eigenvalue weighted by Gasteiger charge is 2.08. The van der Waals surface area contributed by atoms with Crippen molar-refractivity contribution < 1.29 is 8.85 Å². The first-order chi connectivity index (χ1) is 5.35. The lowest BCUT2D eigenvalue weighted by atomic mass is 10.6. The Morgan fingerprint density at radius 3 is 2.09 bits per heavy atom. The van der Waals surface area contributed by atoms with Gasteiger partial charge in [0, 0.05) is 19.3 Å². The van der Waals surface area contributed by atoms with Crippen LogP contribution in [0.5, 0.6) is 0 Å². The van der Waals surface area contributed by atoms with Crippen molar-refractivity contribution in [2.45, 2.75) is 26.8 Å². The highest BCUT2D eigenvalue weighted by molar-refractivity contribution is 6.44. The van der Waals surface area contributed by atoms with Crippen molar-refractivity contribution in [3.8, 4) is 0 Å². The molecule has 0 bridgehead atoms. The summed E-state index contributed by atoms with van der Waals surface area (Å²) in [7, 11) is -1.34. The van der Waals surface area contributed by atoms with Crippen molar-refractivity contribution in [3.63, 3.8) is 0 Å². The van der Waals surface area contributed by atoms with Crippen molar-refractivity contribution in [1.82, 2.24) is 0 Å². The first-order valence-corrected chi connectivity index (χ1v) is 5.95. The van der Waals surface area contributed by atoms with Crippen molar-refractivity contribution in [1.29, 1.82) is 0 Å². The van der Waals surface area contributed by atoms with Crippen LogP contribution in [0, 0.1) is 0 Å². The van der Waals surface area contributed by atoms with Crippen LogP contribution in [-0.2, 0) is 8.85 Å². The fourth-order valence-electron chi connectivity index (χ4n) is 0.803. The van der Waals surface area contributed by atoms with E-state index in [0.29, 0.717) is 0 Å². The smallest absolute Gasteiger partial charge is 0.325 e. The maximum absolute atomic E-state index is 5.45. The summed E-state index contributed by atoms with van der Waals surface area (Å²) in [5, 5.41) is 0. The summed E-state index contributed by atoms with van der Waals surface area (Å²) in [5.74, 6) is 0. The van der Waals surface area contributed by atoms with Gasteiger partial charge in [0.15, 0.2) is 0 Å². The zero-order valence-corrected chi connectivity index (χ0v) is 8.82. The Morgan fingerprint density at radius 2 is 1.73 bits per heavy atom. The third-order valence-electron chi connectivity index (χ3n) is 1.27. The first-order valence-electron chi connectivity index (χ1n) is 4.19. The Labute approximate surface area is 71.1 Å². The molecule has 0 aliphatic rings. The molecule has 0 spiro atoms. The number of hydrogen-bond donors (Lipinski definition) is 0. The molecule has 0 fully saturated rings. The third kappa shape index (κ3) is 6.28. The quantitative estimate of drug-likeness (QED) is 0.452. The minimum absolute atomic E-state index is 0.772. The minimum Gasteiger partial charge on any atom is -0.397 e. The largest absolute Gasteiger partial charge is 0.397 e. The second-order valence-corrected chi connectivity index (χ2v) is 4.14. The molecule has 0 heterocycles. The van der Waals surface area contributed by atoms with Crippen LogP contribution in [0.4, 0.5) is 0 Å². The van der Waals surface area contributed by atoms with E-state index in [1.54, 1.807) is 0 Å². The zero-order chi connectivity index (χ0) is 8.53. The monoisotopic (exact) mass is 174 g/mol. The number of allylic oxidation sites excluding steroid dienone is 2. The molecule has 3 heteroatoms. The molecule has 0 aliphatic carbocycles. The van der Waals surface area contributed by atoms with Crippen LogP contribution in [0.25, 0.3) is 0 Å². The van der Waals surface area contributed by atoms with Gasteiger partial charge in [0.1, 0.15) is 0 Å². The van der Waals surface area contributed by atoms with Crippen LogP contribution in [0.1, 0.15) is 20.8 Å². The molecule has 0 saturated heterocycles. The molecule has 0 rings (SSSR count). The molecule has 0 atom stereocenters. The fourth-order valence-corrected chi connectivity index (χ4v) is 2.41. The van der Waals surface area contributed by atoms with Crippen LogP contribution in [0.15, 0.2) is 12.2 Å². The lowest BCUT2D eigenvalue weighted by Gasteiger charge is -2.11. The summed E-state index contributed by atoms with van der Waals surface area (Å²) in [5.41, 5.74) is 0. The molecular formula is C8H18O2Si. The van der Waals surface area contributed by atoms with E-state index in [4.69, 9.17) is 8.85 Å². The Hall–Kier alpha value is -0.123. The fraction of sp³-hybridized carbons (Fsp3) is 0.750. The molecule has 0 unspecified atom stereocenters. The Bertz CT molecular complexity index is 98.3. The number of rotatable bonds is 6. The second-order valence-electron chi connectivity index (χ2n) is 2.14. The molecule has 66 valence electrons. The summed E-state index contributed by atoms with van der Waals surface area (Å²) in [6.07, 6.45) is 4.15. The summed E-state index contributed by atoms with van der Waals surface area (Å²) >= 11 is 0. The van der Waals surface area contributed by atoms with Crippen LogP contribution < -0.4 is 0 Å². The molecule has 0 aromatic rings. The van der Waals surface area contributed by atoms with E-state index >= 15 is 0 Å². The summed E-state index contributed by atoms with van der Waals surface area (Å²) < 4.78 is 10.9. The molecule has 0 amide bonds. The lowest BCUT2D eigenvalue weighted by Crippen LogP contribution is -2.21. The molecule has 0 radical (unpaired) electrons. The molecule has 0 aromatic carbocycles. The van der Waals surface area contributed by atoms with Gasteiger partial charge in [-0.2, -0.15) is 0 Å². The second kappa shape index (κ2) is 7.98. The van der Waals surface area contributed by atoms with Gasteiger partial charge in [-0.25, -0.2) is 0 Å². The van der Waals surface area contributed by atoms with E-state index in [2.05, 4.69) is 6.08 Å². The van der Waals surface area contributed by atoms with Gasteiger partial charge in [-0.05, 0) is 20.8 Å². The van der Waals surface area contributed by atoms with Gasteiger partial charge >= 0.3 is 9.28 Å². The third-order valence-corrected chi connectivity index (χ3v) is 3.34. The van der Waals surface area contributed by atoms with E-state index in [0.717, 1.165) is 19.3 Å². The van der Waals surface area contributed by atoms with Crippen molar-refractivity contribution >= 4 is 9.28 Å². The predicted molar refractivity (Wildman–Crippen MR) is 50.0 cm³/mol. The highest BCUT2D eigenvalue weighted by atomic mass is 28.3. The average molecular weight is 174 g/mol. The van der Waals surface area contributed by atoms with Crippen molar-refractivity contribution in [3.05, 3.63) is 12.2 Å². The Kier molecular flexibility index (Phi) is 7.89. The molecule has 11 heavy (non-hydrogen) atoms. The first kappa shape index (κ1) is 10.9. The Morgan fingerprint density at radius 1 is 1.18 bits per heavy atom. The molecular weight excluding hydrogens is 156 g/mol. The van der Waals surface area contributed by atoms with Crippen LogP contribution in [0.2, 0.25) is 6.04 Å². The lowest BCUT2D eigenvalue weighted by molar-refractivity contribution is 0.216. The van der Waals surface area contributed by atoms with Gasteiger partial charge in [-0.15, -0.1) is 0 Å². The van der Waals surface area contributed by atoms with Crippen molar-refractivity contribution in [2.75, 3.05) is 13.2 Å². The molecule has 0 N–H and O–H groups in total. The van der Waals surface area contributed by atoms with E-state index in [1.165, 1.54) is 0 Å². The van der Waals surface area contributed by atoms with Crippen LogP contribution >= 0.6 is 0 Å². The summed E-state index contributed by atoms with van der Waals surface area (Å²) in [4.78, 5) is 0. The van der Waals surface area contributed by atoms with Gasteiger partial charge in [-0.1, -0.05) is 12.2 Å². The minimum atomic E-state index is -1.34. The zero-order valence-electron chi connectivity index (χ0n) is 7.67. The van der Waals surface area contributed by atoms with Gasteiger partial charge in [0.25, 0.3) is 0 Å². The molecule has 0 saturated carbocycles. The normalized spacial score (nSPS) is 11.6. The van der Waals surface area contributed by atoms with Crippen LogP contribution in [-0.4, -0.2) is 22.5 Å².